The van der Waals surface area contributed by atoms with Crippen LogP contribution in [-0.2, 0) is 20.9 Å². The zero-order chi connectivity index (χ0) is 25.0. The van der Waals surface area contributed by atoms with E-state index in [1.54, 1.807) is 29.4 Å². The van der Waals surface area contributed by atoms with E-state index in [1.165, 1.54) is 11.8 Å². The number of aromatic nitrogens is 1. The van der Waals surface area contributed by atoms with E-state index < -0.39 is 0 Å². The molecule has 0 radical (unpaired) electrons. The minimum atomic E-state index is -0.331. The Bertz CT molecular complexity index is 1130. The topological polar surface area (TPSA) is 95.6 Å². The van der Waals surface area contributed by atoms with E-state index in [0.29, 0.717) is 78.2 Å². The number of nitrogens with zero attached hydrogens (tertiary/aromatic N) is 4. The number of pyridine rings is 1. The number of thiocarbonyl (C=S) groups is 1. The highest BCUT2D eigenvalue weighted by Gasteiger charge is 2.33. The summed E-state index contributed by atoms with van der Waals surface area (Å²) in [5.74, 6) is 0.155. The number of amides is 1. The Labute approximate surface area is 209 Å². The van der Waals surface area contributed by atoms with Crippen LogP contribution in [-0.4, -0.2) is 51.9 Å². The number of carbonyl (C=O) groups is 2. The van der Waals surface area contributed by atoms with Crippen molar-refractivity contribution in [2.45, 2.75) is 53.5 Å². The maximum absolute atomic E-state index is 13.3. The summed E-state index contributed by atoms with van der Waals surface area (Å²) >= 11 is 6.59. The number of likely N-dealkylation sites (N-methyl/N-ethyl adjacent to an activating group) is 1. The molecule has 0 N–H and O–H groups in total. The zero-order valence-corrected chi connectivity index (χ0v) is 21.7. The Balaban J connectivity index is 2.13. The Kier molecular flexibility index (Phi) is 8.55. The van der Waals surface area contributed by atoms with Gasteiger partial charge in [0.15, 0.2) is 0 Å². The lowest BCUT2D eigenvalue weighted by Gasteiger charge is -2.35. The number of anilines is 1. The first-order valence-corrected chi connectivity index (χ1v) is 12.9. The summed E-state index contributed by atoms with van der Waals surface area (Å²) in [4.78, 5) is 42.5. The molecule has 0 unspecified atom stereocenters. The summed E-state index contributed by atoms with van der Waals surface area (Å²) in [6.45, 7) is 9.79. The van der Waals surface area contributed by atoms with Crippen molar-refractivity contribution in [2.75, 3.05) is 31.1 Å². The molecular formula is C24H30N4O4S2. The van der Waals surface area contributed by atoms with Crippen LogP contribution in [0.1, 0.15) is 56.7 Å². The van der Waals surface area contributed by atoms with Crippen LogP contribution in [0.4, 0.5) is 5.82 Å². The number of hydrogen-bond acceptors (Lipinski definition) is 8. The first-order chi connectivity index (χ1) is 16.3. The van der Waals surface area contributed by atoms with E-state index in [0.717, 1.165) is 0 Å². The predicted octanol–water partition coefficient (Wildman–Crippen LogP) is 3.44. The molecule has 2 aliphatic heterocycles. The Hall–Kier alpha value is -2.64. The van der Waals surface area contributed by atoms with Crippen LogP contribution in [0.25, 0.3) is 6.08 Å². The smallest absolute Gasteiger partial charge is 0.309 e. The highest BCUT2D eigenvalue weighted by atomic mass is 32.2. The van der Waals surface area contributed by atoms with Gasteiger partial charge < -0.3 is 9.64 Å². The van der Waals surface area contributed by atoms with Crippen LogP contribution in [0.15, 0.2) is 9.70 Å². The van der Waals surface area contributed by atoms with Crippen molar-refractivity contribution in [1.82, 2.24) is 9.47 Å². The Morgan fingerprint density at radius 2 is 1.94 bits per heavy atom. The molecule has 0 bridgehead atoms. The van der Waals surface area contributed by atoms with Gasteiger partial charge in [-0.15, -0.1) is 0 Å². The van der Waals surface area contributed by atoms with Gasteiger partial charge in [-0.05, 0) is 51.7 Å². The molecule has 3 rings (SSSR count). The van der Waals surface area contributed by atoms with E-state index in [4.69, 9.17) is 17.0 Å². The molecule has 3 heterocycles. The molecule has 0 saturated carbocycles. The van der Waals surface area contributed by atoms with Gasteiger partial charge in [-0.1, -0.05) is 30.9 Å². The highest BCUT2D eigenvalue weighted by molar-refractivity contribution is 8.26. The normalized spacial score (nSPS) is 18.0. The number of ether oxygens (including phenoxy) is 1. The molecule has 0 atom stereocenters. The van der Waals surface area contributed by atoms with Crippen LogP contribution in [0.2, 0.25) is 0 Å². The van der Waals surface area contributed by atoms with E-state index in [-0.39, 0.29) is 28.9 Å². The largest absolute Gasteiger partial charge is 0.466 e. The minimum absolute atomic E-state index is 0.0795. The van der Waals surface area contributed by atoms with Gasteiger partial charge in [0.25, 0.3) is 11.5 Å². The highest BCUT2D eigenvalue weighted by Crippen LogP contribution is 2.36. The molecule has 0 spiro atoms. The zero-order valence-electron chi connectivity index (χ0n) is 20.0. The molecule has 0 aliphatic carbocycles. The van der Waals surface area contributed by atoms with Gasteiger partial charge in [-0.2, -0.15) is 5.26 Å². The second-order valence-electron chi connectivity index (χ2n) is 8.25. The minimum Gasteiger partial charge on any atom is -0.466 e. The fourth-order valence-corrected chi connectivity index (χ4v) is 5.77. The van der Waals surface area contributed by atoms with E-state index in [1.807, 2.05) is 13.8 Å². The van der Waals surface area contributed by atoms with Crippen molar-refractivity contribution in [3.05, 3.63) is 31.9 Å². The van der Waals surface area contributed by atoms with Crippen molar-refractivity contribution in [3.63, 3.8) is 0 Å². The molecule has 2 aliphatic rings. The lowest BCUT2D eigenvalue weighted by atomic mass is 9.95. The summed E-state index contributed by atoms with van der Waals surface area (Å²) in [6, 6.07) is 2.06. The fourth-order valence-electron chi connectivity index (χ4n) is 4.41. The van der Waals surface area contributed by atoms with Crippen molar-refractivity contribution < 1.29 is 14.3 Å². The molecule has 10 heteroatoms. The summed E-state index contributed by atoms with van der Waals surface area (Å²) in [5, 5.41) is 9.75. The second-order valence-corrected chi connectivity index (χ2v) is 9.92. The average molecular weight is 503 g/mol. The van der Waals surface area contributed by atoms with Gasteiger partial charge >= 0.3 is 5.97 Å². The third kappa shape index (κ3) is 4.91. The third-order valence-electron chi connectivity index (χ3n) is 6.17. The Morgan fingerprint density at radius 1 is 1.26 bits per heavy atom. The monoisotopic (exact) mass is 502 g/mol. The number of hydrogen-bond donors (Lipinski definition) is 0. The van der Waals surface area contributed by atoms with Gasteiger partial charge in [0, 0.05) is 31.7 Å². The molecule has 182 valence electrons. The van der Waals surface area contributed by atoms with Gasteiger partial charge in [0.1, 0.15) is 21.8 Å². The number of rotatable bonds is 7. The SMILES string of the molecule is CCCn1c(N2CCC(C(=O)OCC)CC2)c(/C=C2\SC(=S)N(CC)C2=O)c(C)c(C#N)c1=O. The summed E-state index contributed by atoms with van der Waals surface area (Å²) < 4.78 is 7.33. The predicted molar refractivity (Wildman–Crippen MR) is 138 cm³/mol. The standard InChI is InChI=1S/C24H30N4O4S2/c1-5-10-28-20(26-11-8-16(9-12-26)23(31)32-7-3)17(15(4)18(14-25)21(28)29)13-19-22(30)27(6-2)24(33)34-19/h13,16H,5-12H2,1-4H3/b19-13-. The maximum atomic E-state index is 13.3. The molecule has 2 fully saturated rings. The number of thioether (sulfide) groups is 1. The molecule has 34 heavy (non-hydrogen) atoms. The van der Waals surface area contributed by atoms with Crippen molar-refractivity contribution >= 4 is 52.1 Å². The van der Waals surface area contributed by atoms with Gasteiger partial charge in [0.05, 0.1) is 17.4 Å². The number of carbonyl (C=O) groups excluding carboxylic acids is 2. The quantitative estimate of drug-likeness (QED) is 0.318. The molecule has 8 nitrogen and oxygen atoms in total. The molecule has 2 saturated heterocycles. The average Bonchev–Trinajstić information content (AvgIpc) is 3.09. The Morgan fingerprint density at radius 3 is 2.47 bits per heavy atom. The maximum Gasteiger partial charge on any atom is 0.309 e. The first kappa shape index (κ1) is 26.0. The molecule has 1 aromatic heterocycles. The van der Waals surface area contributed by atoms with E-state index >= 15 is 0 Å². The van der Waals surface area contributed by atoms with Crippen molar-refractivity contribution in [3.8, 4) is 6.07 Å². The molecular weight excluding hydrogens is 472 g/mol. The summed E-state index contributed by atoms with van der Waals surface area (Å²) in [7, 11) is 0. The number of nitriles is 1. The number of esters is 1. The van der Waals surface area contributed by atoms with Crippen molar-refractivity contribution in [1.29, 1.82) is 5.26 Å². The number of piperidine rings is 1. The van der Waals surface area contributed by atoms with Crippen LogP contribution in [0.3, 0.4) is 0 Å². The molecule has 1 amide bonds. The third-order valence-corrected chi connectivity index (χ3v) is 7.55. The first-order valence-electron chi connectivity index (χ1n) is 11.6. The van der Waals surface area contributed by atoms with Gasteiger partial charge in [-0.25, -0.2) is 0 Å². The van der Waals surface area contributed by atoms with Crippen LogP contribution < -0.4 is 10.5 Å². The van der Waals surface area contributed by atoms with Crippen LogP contribution in [0, 0.1) is 24.2 Å². The molecule has 0 aromatic carbocycles. The molecule has 1 aromatic rings. The fraction of sp³-hybridized carbons (Fsp3) is 0.542. The summed E-state index contributed by atoms with van der Waals surface area (Å²) in [6.07, 6.45) is 3.69. The van der Waals surface area contributed by atoms with E-state index in [9.17, 15) is 19.6 Å². The van der Waals surface area contributed by atoms with Crippen molar-refractivity contribution in [2.24, 2.45) is 5.92 Å². The summed E-state index contributed by atoms with van der Waals surface area (Å²) in [5.41, 5.74) is 0.971. The second kappa shape index (κ2) is 11.2. The van der Waals surface area contributed by atoms with Gasteiger partial charge in [0.2, 0.25) is 0 Å². The van der Waals surface area contributed by atoms with Crippen LogP contribution >= 0.6 is 24.0 Å². The van der Waals surface area contributed by atoms with E-state index in [2.05, 4.69) is 11.0 Å². The lowest BCUT2D eigenvalue weighted by Crippen LogP contribution is -2.41. The lowest BCUT2D eigenvalue weighted by molar-refractivity contribution is -0.148. The van der Waals surface area contributed by atoms with Crippen LogP contribution in [0.5, 0.6) is 0 Å². The van der Waals surface area contributed by atoms with Gasteiger partial charge in [-0.3, -0.25) is 23.9 Å².